The lowest BCUT2D eigenvalue weighted by Gasteiger charge is -2.37. The van der Waals surface area contributed by atoms with Crippen LogP contribution in [-0.2, 0) is 11.2 Å². The normalized spacial score (nSPS) is 19.6. The van der Waals surface area contributed by atoms with Crippen LogP contribution in [0.1, 0.15) is 18.4 Å². The van der Waals surface area contributed by atoms with Crippen LogP contribution in [0.2, 0.25) is 5.02 Å². The van der Waals surface area contributed by atoms with Crippen LogP contribution in [0, 0.1) is 0 Å². The monoisotopic (exact) mass is 239 g/mol. The summed E-state index contributed by atoms with van der Waals surface area (Å²) in [6.07, 6.45) is 3.08. The second-order valence-electron chi connectivity index (χ2n) is 4.41. The molecule has 0 radical (unpaired) electrons. The van der Waals surface area contributed by atoms with Gasteiger partial charge in [-0.15, -0.1) is 0 Å². The van der Waals surface area contributed by atoms with E-state index in [1.54, 1.807) is 0 Å². The van der Waals surface area contributed by atoms with Crippen LogP contribution >= 0.6 is 11.6 Å². The van der Waals surface area contributed by atoms with Gasteiger partial charge in [0.2, 0.25) is 0 Å². The smallest absolute Gasteiger partial charge is 0.0483 e. The Morgan fingerprint density at radius 2 is 2.00 bits per heavy atom. The second kappa shape index (κ2) is 5.17. The molecule has 16 heavy (non-hydrogen) atoms. The quantitative estimate of drug-likeness (QED) is 0.876. The second-order valence-corrected chi connectivity index (χ2v) is 4.82. The highest BCUT2D eigenvalue weighted by Crippen LogP contribution is 2.27. The van der Waals surface area contributed by atoms with Gasteiger partial charge in [0.15, 0.2) is 0 Å². The van der Waals surface area contributed by atoms with Crippen LogP contribution < -0.4 is 5.32 Å². The van der Waals surface area contributed by atoms with E-state index >= 15 is 0 Å². The third-order valence-corrected chi connectivity index (χ3v) is 3.84. The molecule has 0 unspecified atom stereocenters. The average Bonchev–Trinajstić information content (AvgIpc) is 2.33. The number of nitrogens with one attached hydrogen (secondary N) is 1. The maximum Gasteiger partial charge on any atom is 0.0483 e. The molecule has 0 bridgehead atoms. The predicted molar refractivity (Wildman–Crippen MR) is 67.0 cm³/mol. The van der Waals surface area contributed by atoms with Crippen molar-refractivity contribution < 1.29 is 4.74 Å². The summed E-state index contributed by atoms with van der Waals surface area (Å²) in [6.45, 7) is 1.68. The average molecular weight is 240 g/mol. The summed E-state index contributed by atoms with van der Waals surface area (Å²) in [6, 6.07) is 8.09. The first-order valence-corrected chi connectivity index (χ1v) is 6.14. The fourth-order valence-electron chi connectivity index (χ4n) is 2.28. The van der Waals surface area contributed by atoms with Crippen LogP contribution in [0.5, 0.6) is 0 Å². The van der Waals surface area contributed by atoms with Crippen molar-refractivity contribution in [1.82, 2.24) is 5.32 Å². The number of halogens is 1. The summed E-state index contributed by atoms with van der Waals surface area (Å²) >= 11 is 6.20. The fraction of sp³-hybridized carbons (Fsp3) is 0.538. The Morgan fingerprint density at radius 3 is 2.62 bits per heavy atom. The molecule has 1 fully saturated rings. The number of benzene rings is 1. The maximum absolute atomic E-state index is 6.20. The highest BCUT2D eigenvalue weighted by molar-refractivity contribution is 6.31. The minimum absolute atomic E-state index is 0.156. The third kappa shape index (κ3) is 2.57. The lowest BCUT2D eigenvalue weighted by molar-refractivity contribution is 0.0413. The van der Waals surface area contributed by atoms with Crippen molar-refractivity contribution in [2.75, 3.05) is 20.3 Å². The molecule has 0 spiro atoms. The molecule has 1 saturated heterocycles. The number of likely N-dealkylation sites (N-methyl/N-ethyl adjacent to an activating group) is 1. The molecule has 0 aliphatic carbocycles. The van der Waals surface area contributed by atoms with Crippen molar-refractivity contribution in [2.24, 2.45) is 0 Å². The van der Waals surface area contributed by atoms with Gasteiger partial charge in [0.05, 0.1) is 0 Å². The van der Waals surface area contributed by atoms with Crippen LogP contribution in [0.25, 0.3) is 0 Å². The molecule has 88 valence electrons. The lowest BCUT2D eigenvalue weighted by Crippen LogP contribution is -2.49. The van der Waals surface area contributed by atoms with Crippen molar-refractivity contribution in [3.05, 3.63) is 34.9 Å². The Bertz CT molecular complexity index is 348. The van der Waals surface area contributed by atoms with Crippen molar-refractivity contribution in [2.45, 2.75) is 24.8 Å². The molecule has 1 N–H and O–H groups in total. The molecule has 0 atom stereocenters. The van der Waals surface area contributed by atoms with Crippen molar-refractivity contribution >= 4 is 11.6 Å². The third-order valence-electron chi connectivity index (χ3n) is 3.47. The molecule has 2 rings (SSSR count). The maximum atomic E-state index is 6.20. The first-order chi connectivity index (χ1) is 7.76. The summed E-state index contributed by atoms with van der Waals surface area (Å²) in [7, 11) is 2.03. The number of hydrogen-bond acceptors (Lipinski definition) is 2. The molecule has 1 aromatic carbocycles. The Morgan fingerprint density at radius 1 is 1.31 bits per heavy atom. The molecule has 1 heterocycles. The molecule has 0 amide bonds. The molecule has 1 aliphatic rings. The molecule has 1 aliphatic heterocycles. The molecule has 2 nitrogen and oxygen atoms in total. The van der Waals surface area contributed by atoms with E-state index in [0.29, 0.717) is 0 Å². The van der Waals surface area contributed by atoms with Gasteiger partial charge in [0, 0.05) is 23.8 Å². The standard InChI is InChI=1S/C13H18ClNO/c1-15-13(6-8-16-9-7-13)10-11-4-2-3-5-12(11)14/h2-5,15H,6-10H2,1H3. The first kappa shape index (κ1) is 11.9. The van der Waals surface area contributed by atoms with Crippen molar-refractivity contribution in [3.8, 4) is 0 Å². The molecule has 3 heteroatoms. The lowest BCUT2D eigenvalue weighted by atomic mass is 9.84. The minimum Gasteiger partial charge on any atom is -0.381 e. The van der Waals surface area contributed by atoms with E-state index < -0.39 is 0 Å². The van der Waals surface area contributed by atoms with E-state index in [2.05, 4.69) is 11.4 Å². The van der Waals surface area contributed by atoms with E-state index in [9.17, 15) is 0 Å². The largest absolute Gasteiger partial charge is 0.381 e. The van der Waals surface area contributed by atoms with Crippen molar-refractivity contribution in [3.63, 3.8) is 0 Å². The molecular weight excluding hydrogens is 222 g/mol. The predicted octanol–water partition coefficient (Wildman–Crippen LogP) is 2.65. The number of rotatable bonds is 3. The summed E-state index contributed by atoms with van der Waals surface area (Å²) in [4.78, 5) is 0. The first-order valence-electron chi connectivity index (χ1n) is 5.76. The topological polar surface area (TPSA) is 21.3 Å². The van der Waals surface area contributed by atoms with Gasteiger partial charge >= 0.3 is 0 Å². The van der Waals surface area contributed by atoms with Gasteiger partial charge in [-0.3, -0.25) is 0 Å². The highest BCUT2D eigenvalue weighted by atomic mass is 35.5. The van der Waals surface area contributed by atoms with Gasteiger partial charge in [-0.25, -0.2) is 0 Å². The Kier molecular flexibility index (Phi) is 3.85. The minimum atomic E-state index is 0.156. The summed E-state index contributed by atoms with van der Waals surface area (Å²) in [5.74, 6) is 0. The molecule has 0 saturated carbocycles. The highest BCUT2D eigenvalue weighted by Gasteiger charge is 2.31. The van der Waals surface area contributed by atoms with Crippen molar-refractivity contribution in [1.29, 1.82) is 0 Å². The number of ether oxygens (including phenoxy) is 1. The van der Waals surface area contributed by atoms with E-state index in [-0.39, 0.29) is 5.54 Å². The van der Waals surface area contributed by atoms with E-state index in [0.717, 1.165) is 37.5 Å². The summed E-state index contributed by atoms with van der Waals surface area (Å²) < 4.78 is 5.42. The zero-order valence-corrected chi connectivity index (χ0v) is 10.4. The fourth-order valence-corrected chi connectivity index (χ4v) is 2.49. The van der Waals surface area contributed by atoms with Crippen LogP contribution in [-0.4, -0.2) is 25.8 Å². The zero-order chi connectivity index (χ0) is 11.4. The zero-order valence-electron chi connectivity index (χ0n) is 9.63. The molecule has 0 aromatic heterocycles. The van der Waals surface area contributed by atoms with Crippen LogP contribution in [0.3, 0.4) is 0 Å². The Hall–Kier alpha value is -0.570. The van der Waals surface area contributed by atoms with Gasteiger partial charge in [0.1, 0.15) is 0 Å². The van der Waals surface area contributed by atoms with Gasteiger partial charge in [-0.1, -0.05) is 29.8 Å². The van der Waals surface area contributed by atoms with Gasteiger partial charge < -0.3 is 10.1 Å². The SMILES string of the molecule is CNC1(Cc2ccccc2Cl)CCOCC1. The van der Waals surface area contributed by atoms with Gasteiger partial charge in [-0.05, 0) is 37.9 Å². The van der Waals surface area contributed by atoms with E-state index in [1.807, 2.05) is 25.2 Å². The van der Waals surface area contributed by atoms with E-state index in [4.69, 9.17) is 16.3 Å². The van der Waals surface area contributed by atoms with Crippen LogP contribution in [0.4, 0.5) is 0 Å². The molecular formula is C13H18ClNO. The number of hydrogen-bond donors (Lipinski definition) is 1. The van der Waals surface area contributed by atoms with Crippen LogP contribution in [0.15, 0.2) is 24.3 Å². The Balaban J connectivity index is 2.15. The Labute approximate surface area is 102 Å². The molecule has 1 aromatic rings. The summed E-state index contributed by atoms with van der Waals surface area (Å²) in [5, 5.41) is 4.32. The summed E-state index contributed by atoms with van der Waals surface area (Å²) in [5.41, 5.74) is 1.38. The van der Waals surface area contributed by atoms with Gasteiger partial charge in [-0.2, -0.15) is 0 Å². The van der Waals surface area contributed by atoms with E-state index in [1.165, 1.54) is 5.56 Å². The van der Waals surface area contributed by atoms with Gasteiger partial charge in [0.25, 0.3) is 0 Å².